The minimum absolute atomic E-state index is 0.0720. The Morgan fingerprint density at radius 2 is 2.20 bits per heavy atom. The van der Waals surface area contributed by atoms with Crippen LogP contribution < -0.4 is 0 Å². The lowest BCUT2D eigenvalue weighted by molar-refractivity contribution is -0.129. The van der Waals surface area contributed by atoms with Crippen molar-refractivity contribution in [1.29, 1.82) is 0 Å². The van der Waals surface area contributed by atoms with E-state index < -0.39 is 17.7 Å². The van der Waals surface area contributed by atoms with Crippen molar-refractivity contribution in [2.75, 3.05) is 6.54 Å². The Balaban J connectivity index is 2.06. The standard InChI is InChI=1S/C18H20N2O4S/c1-4-5-8-20-14(12-7-6-9-24-12)13(16(22)18(20)23)15(21)17-10(2)19-11(3)25-17/h6-7,9,14,22H,4-5,8H2,1-3H3. The Hall–Kier alpha value is -2.41. The van der Waals surface area contributed by atoms with Crippen LogP contribution in [0.2, 0.25) is 0 Å². The second-order valence-corrected chi connectivity index (χ2v) is 7.21. The molecule has 132 valence electrons. The number of carbonyl (C=O) groups is 2. The molecule has 0 radical (unpaired) electrons. The number of hydrogen-bond acceptors (Lipinski definition) is 6. The molecule has 0 bridgehead atoms. The lowest BCUT2D eigenvalue weighted by atomic mass is 9.99. The molecule has 1 unspecified atom stereocenters. The Labute approximate surface area is 149 Å². The van der Waals surface area contributed by atoms with Crippen molar-refractivity contribution in [2.24, 2.45) is 0 Å². The predicted molar refractivity (Wildman–Crippen MR) is 93.6 cm³/mol. The summed E-state index contributed by atoms with van der Waals surface area (Å²) in [5.41, 5.74) is 0.674. The third-order valence-corrected chi connectivity index (χ3v) is 5.29. The first-order chi connectivity index (χ1) is 12.0. The van der Waals surface area contributed by atoms with Crippen molar-refractivity contribution in [3.8, 4) is 0 Å². The van der Waals surface area contributed by atoms with E-state index in [9.17, 15) is 14.7 Å². The first kappa shape index (κ1) is 17.4. The number of ketones is 1. The van der Waals surface area contributed by atoms with Crippen LogP contribution in [-0.4, -0.2) is 33.2 Å². The zero-order valence-electron chi connectivity index (χ0n) is 14.4. The highest BCUT2D eigenvalue weighted by Gasteiger charge is 2.45. The highest BCUT2D eigenvalue weighted by Crippen LogP contribution is 2.40. The second-order valence-electron chi connectivity index (χ2n) is 6.01. The maximum Gasteiger partial charge on any atom is 0.290 e. The largest absolute Gasteiger partial charge is 0.503 e. The first-order valence-corrected chi connectivity index (χ1v) is 9.03. The molecule has 1 aliphatic rings. The van der Waals surface area contributed by atoms with Gasteiger partial charge in [0.25, 0.3) is 5.91 Å². The van der Waals surface area contributed by atoms with E-state index in [-0.39, 0.29) is 11.4 Å². The smallest absolute Gasteiger partial charge is 0.290 e. The number of aliphatic hydroxyl groups excluding tert-OH is 1. The van der Waals surface area contributed by atoms with Crippen LogP contribution in [0.1, 0.15) is 51.9 Å². The minimum Gasteiger partial charge on any atom is -0.503 e. The number of furan rings is 1. The van der Waals surface area contributed by atoms with Gasteiger partial charge in [-0.25, -0.2) is 4.98 Å². The summed E-state index contributed by atoms with van der Waals surface area (Å²) in [7, 11) is 0. The number of Topliss-reactive ketones (excluding diaryl/α,β-unsaturated/α-hetero) is 1. The number of nitrogens with zero attached hydrogens (tertiary/aromatic N) is 2. The number of rotatable bonds is 6. The van der Waals surface area contributed by atoms with E-state index in [1.165, 1.54) is 22.5 Å². The minimum atomic E-state index is -0.705. The van der Waals surface area contributed by atoms with Gasteiger partial charge in [0.15, 0.2) is 5.76 Å². The van der Waals surface area contributed by atoms with E-state index in [1.807, 2.05) is 13.8 Å². The zero-order chi connectivity index (χ0) is 18.1. The van der Waals surface area contributed by atoms with Crippen LogP contribution in [0, 0.1) is 13.8 Å². The lowest BCUT2D eigenvalue weighted by Crippen LogP contribution is -2.31. The summed E-state index contributed by atoms with van der Waals surface area (Å²) in [5.74, 6) is -0.921. The van der Waals surface area contributed by atoms with E-state index in [2.05, 4.69) is 4.98 Å². The molecule has 0 fully saturated rings. The van der Waals surface area contributed by atoms with Gasteiger partial charge in [0.1, 0.15) is 11.8 Å². The summed E-state index contributed by atoms with van der Waals surface area (Å²) in [6.45, 7) is 6.04. The SMILES string of the molecule is CCCCN1C(=O)C(O)=C(C(=O)c2sc(C)nc2C)C1c1ccco1. The van der Waals surface area contributed by atoms with E-state index in [0.29, 0.717) is 22.9 Å². The van der Waals surface area contributed by atoms with E-state index in [4.69, 9.17) is 4.42 Å². The Kier molecular flexibility index (Phi) is 4.76. The zero-order valence-corrected chi connectivity index (χ0v) is 15.2. The molecular formula is C18H20N2O4S. The van der Waals surface area contributed by atoms with Gasteiger partial charge in [0.2, 0.25) is 5.78 Å². The Bertz CT molecular complexity index is 835. The van der Waals surface area contributed by atoms with Crippen LogP contribution in [0.15, 0.2) is 34.1 Å². The van der Waals surface area contributed by atoms with Crippen molar-refractivity contribution >= 4 is 23.0 Å². The van der Waals surface area contributed by atoms with Crippen molar-refractivity contribution in [2.45, 2.75) is 39.7 Å². The van der Waals surface area contributed by atoms with Gasteiger partial charge < -0.3 is 14.4 Å². The molecule has 6 nitrogen and oxygen atoms in total. The number of thiazole rings is 1. The Morgan fingerprint density at radius 3 is 2.76 bits per heavy atom. The van der Waals surface area contributed by atoms with Crippen molar-refractivity contribution < 1.29 is 19.1 Å². The van der Waals surface area contributed by atoms with Crippen LogP contribution in [0.3, 0.4) is 0 Å². The molecule has 0 spiro atoms. The molecule has 1 N–H and O–H groups in total. The van der Waals surface area contributed by atoms with Gasteiger partial charge in [-0.05, 0) is 32.4 Å². The molecule has 2 aromatic rings. The fourth-order valence-corrected chi connectivity index (χ4v) is 3.93. The fraction of sp³-hybridized carbons (Fsp3) is 0.389. The number of aliphatic hydroxyl groups is 1. The summed E-state index contributed by atoms with van der Waals surface area (Å²) < 4.78 is 5.47. The monoisotopic (exact) mass is 360 g/mol. The van der Waals surface area contributed by atoms with E-state index in [1.54, 1.807) is 19.1 Å². The van der Waals surface area contributed by atoms with Crippen molar-refractivity contribution in [3.05, 3.63) is 51.1 Å². The lowest BCUT2D eigenvalue weighted by Gasteiger charge is -2.24. The van der Waals surface area contributed by atoms with Gasteiger partial charge in [-0.2, -0.15) is 0 Å². The van der Waals surface area contributed by atoms with Crippen LogP contribution in [0.4, 0.5) is 0 Å². The third kappa shape index (κ3) is 3.00. The molecule has 1 atom stereocenters. The highest BCUT2D eigenvalue weighted by molar-refractivity contribution is 7.14. The van der Waals surface area contributed by atoms with E-state index >= 15 is 0 Å². The highest BCUT2D eigenvalue weighted by atomic mass is 32.1. The molecule has 0 saturated heterocycles. The number of aromatic nitrogens is 1. The molecule has 3 rings (SSSR count). The molecule has 0 saturated carbocycles. The molecule has 1 aliphatic heterocycles. The topological polar surface area (TPSA) is 83.6 Å². The molecule has 0 aromatic carbocycles. The molecule has 1 amide bonds. The summed E-state index contributed by atoms with van der Waals surface area (Å²) in [5, 5.41) is 11.2. The Morgan fingerprint density at radius 1 is 1.44 bits per heavy atom. The molecule has 3 heterocycles. The number of unbranched alkanes of at least 4 members (excludes halogenated alkanes) is 1. The van der Waals surface area contributed by atoms with Gasteiger partial charge in [-0.1, -0.05) is 13.3 Å². The molecule has 2 aromatic heterocycles. The van der Waals surface area contributed by atoms with Gasteiger partial charge in [-0.3, -0.25) is 9.59 Å². The quantitative estimate of drug-likeness (QED) is 0.794. The molecule has 0 aliphatic carbocycles. The van der Waals surface area contributed by atoms with Gasteiger partial charge >= 0.3 is 0 Å². The van der Waals surface area contributed by atoms with Gasteiger partial charge in [-0.15, -0.1) is 11.3 Å². The van der Waals surface area contributed by atoms with Crippen LogP contribution in [0.25, 0.3) is 0 Å². The third-order valence-electron chi connectivity index (χ3n) is 4.22. The number of carbonyl (C=O) groups excluding carboxylic acids is 2. The summed E-state index contributed by atoms with van der Waals surface area (Å²) in [6, 6.07) is 2.72. The summed E-state index contributed by atoms with van der Waals surface area (Å²) in [4.78, 5) is 31.9. The van der Waals surface area contributed by atoms with Crippen molar-refractivity contribution in [3.63, 3.8) is 0 Å². The molecule has 25 heavy (non-hydrogen) atoms. The second kappa shape index (κ2) is 6.84. The van der Waals surface area contributed by atoms with Crippen LogP contribution in [0.5, 0.6) is 0 Å². The molecular weight excluding hydrogens is 340 g/mol. The van der Waals surface area contributed by atoms with E-state index in [0.717, 1.165) is 17.8 Å². The number of amides is 1. The average Bonchev–Trinajstić information content (AvgIpc) is 3.26. The number of hydrogen-bond donors (Lipinski definition) is 1. The summed E-state index contributed by atoms with van der Waals surface area (Å²) >= 11 is 1.26. The van der Waals surface area contributed by atoms with Crippen LogP contribution >= 0.6 is 11.3 Å². The normalized spacial score (nSPS) is 17.6. The maximum absolute atomic E-state index is 13.1. The molecule has 7 heteroatoms. The average molecular weight is 360 g/mol. The first-order valence-electron chi connectivity index (χ1n) is 8.21. The van der Waals surface area contributed by atoms with Crippen LogP contribution in [-0.2, 0) is 4.79 Å². The van der Waals surface area contributed by atoms with Gasteiger partial charge in [0, 0.05) is 6.54 Å². The number of aryl methyl sites for hydroxylation is 2. The van der Waals surface area contributed by atoms with Gasteiger partial charge in [0.05, 0.1) is 27.4 Å². The predicted octanol–water partition coefficient (Wildman–Crippen LogP) is 3.73. The van der Waals surface area contributed by atoms with Crippen molar-refractivity contribution in [1.82, 2.24) is 9.88 Å². The summed E-state index contributed by atoms with van der Waals surface area (Å²) in [6.07, 6.45) is 3.17. The fourth-order valence-electron chi connectivity index (χ4n) is 3.05. The maximum atomic E-state index is 13.1.